The summed E-state index contributed by atoms with van der Waals surface area (Å²) in [5, 5.41) is 15.4. The highest BCUT2D eigenvalue weighted by Gasteiger charge is 2.35. The number of aromatic nitrogens is 2. The minimum absolute atomic E-state index is 0.114. The summed E-state index contributed by atoms with van der Waals surface area (Å²) in [5.74, 6) is 0.416. The molecule has 1 saturated heterocycles. The lowest BCUT2D eigenvalue weighted by Crippen LogP contribution is -2.44. The fraction of sp³-hybridized carbons (Fsp3) is 0.800. The largest absolute Gasteiger partial charge is 0.389 e. The Labute approximate surface area is 157 Å². The van der Waals surface area contributed by atoms with Gasteiger partial charge in [-0.2, -0.15) is 5.10 Å². The first-order valence-electron chi connectivity index (χ1n) is 10.0. The minimum atomic E-state index is -0.772. The number of hydrogen-bond acceptors (Lipinski definition) is 4. The van der Waals surface area contributed by atoms with E-state index in [4.69, 9.17) is 5.10 Å². The van der Waals surface area contributed by atoms with Gasteiger partial charge in [0.05, 0.1) is 23.4 Å². The predicted octanol–water partition coefficient (Wildman–Crippen LogP) is 2.27. The third-order valence-corrected chi connectivity index (χ3v) is 5.93. The molecule has 2 heterocycles. The maximum absolute atomic E-state index is 12.8. The van der Waals surface area contributed by atoms with Crippen molar-refractivity contribution in [1.82, 2.24) is 19.6 Å². The molecular weight excluding hydrogens is 328 g/mol. The van der Waals surface area contributed by atoms with Crippen LogP contribution in [0.3, 0.4) is 0 Å². The molecule has 0 aromatic carbocycles. The Balaban J connectivity index is 1.62. The van der Waals surface area contributed by atoms with Crippen LogP contribution >= 0.6 is 0 Å². The molecule has 1 amide bonds. The Morgan fingerprint density at radius 1 is 1.31 bits per heavy atom. The summed E-state index contributed by atoms with van der Waals surface area (Å²) in [6.45, 7) is 2.40. The van der Waals surface area contributed by atoms with E-state index in [1.54, 1.807) is 0 Å². The molecule has 6 nitrogen and oxygen atoms in total. The summed E-state index contributed by atoms with van der Waals surface area (Å²) < 4.78 is 1.96. The van der Waals surface area contributed by atoms with Gasteiger partial charge in [0.25, 0.3) is 0 Å². The van der Waals surface area contributed by atoms with Crippen molar-refractivity contribution in [2.24, 2.45) is 7.05 Å². The normalized spacial score (nSPS) is 23.4. The molecule has 1 unspecified atom stereocenters. The van der Waals surface area contributed by atoms with Crippen LogP contribution in [0.5, 0.6) is 0 Å². The van der Waals surface area contributed by atoms with Gasteiger partial charge in [-0.25, -0.2) is 0 Å². The van der Waals surface area contributed by atoms with Crippen LogP contribution in [0, 0.1) is 0 Å². The number of hydrogen-bond donors (Lipinski definition) is 1. The van der Waals surface area contributed by atoms with Crippen molar-refractivity contribution < 1.29 is 9.90 Å². The zero-order chi connectivity index (χ0) is 18.7. The first-order valence-corrected chi connectivity index (χ1v) is 10.0. The Bertz CT molecular complexity index is 619. The summed E-state index contributed by atoms with van der Waals surface area (Å²) in [4.78, 5) is 16.9. The zero-order valence-electron chi connectivity index (χ0n) is 16.6. The molecular formula is C20H34N4O2. The average Bonchev–Trinajstić information content (AvgIpc) is 2.95. The number of amides is 1. The summed E-state index contributed by atoms with van der Waals surface area (Å²) in [6.07, 6.45) is 7.16. The van der Waals surface area contributed by atoms with Crippen molar-refractivity contribution in [2.45, 2.75) is 69.4 Å². The lowest BCUT2D eigenvalue weighted by molar-refractivity contribution is -0.139. The van der Waals surface area contributed by atoms with E-state index in [2.05, 4.69) is 25.1 Å². The zero-order valence-corrected chi connectivity index (χ0v) is 16.6. The summed E-state index contributed by atoms with van der Waals surface area (Å²) in [7, 11) is 6.11. The molecule has 1 saturated carbocycles. The molecule has 146 valence electrons. The van der Waals surface area contributed by atoms with E-state index in [0.717, 1.165) is 63.9 Å². The fourth-order valence-corrected chi connectivity index (χ4v) is 4.43. The van der Waals surface area contributed by atoms with Crippen molar-refractivity contribution in [2.75, 3.05) is 27.2 Å². The molecule has 0 spiro atoms. The number of aryl methyl sites for hydroxylation is 1. The second-order valence-electron chi connectivity index (χ2n) is 8.56. The van der Waals surface area contributed by atoms with Crippen LogP contribution in [-0.4, -0.2) is 63.4 Å². The number of carbonyl (C=O) groups is 1. The number of piperidine rings is 1. The second-order valence-corrected chi connectivity index (χ2v) is 8.56. The number of aliphatic hydroxyl groups is 1. The highest BCUT2D eigenvalue weighted by atomic mass is 16.3. The standard InChI is InChI=1S/C20H34N4O2/c1-22(2)15-17-12-18(21-23(17)3)16-8-7-11-24(14-16)19(25)13-20(26)9-5-4-6-10-20/h12,16,26H,4-11,13-15H2,1-3H3. The van der Waals surface area contributed by atoms with Crippen LogP contribution in [0.15, 0.2) is 6.07 Å². The molecule has 1 N–H and O–H groups in total. The molecule has 1 aliphatic carbocycles. The van der Waals surface area contributed by atoms with Crippen LogP contribution in [0.25, 0.3) is 0 Å². The lowest BCUT2D eigenvalue weighted by atomic mass is 9.82. The van der Waals surface area contributed by atoms with E-state index in [0.29, 0.717) is 5.92 Å². The quantitative estimate of drug-likeness (QED) is 0.873. The topological polar surface area (TPSA) is 61.6 Å². The van der Waals surface area contributed by atoms with Gasteiger partial charge in [0.2, 0.25) is 5.91 Å². The fourth-order valence-electron chi connectivity index (χ4n) is 4.43. The number of carbonyl (C=O) groups excluding carboxylic acids is 1. The van der Waals surface area contributed by atoms with Crippen LogP contribution in [0.2, 0.25) is 0 Å². The average molecular weight is 363 g/mol. The van der Waals surface area contributed by atoms with E-state index >= 15 is 0 Å². The van der Waals surface area contributed by atoms with Gasteiger partial charge in [-0.3, -0.25) is 9.48 Å². The van der Waals surface area contributed by atoms with Gasteiger partial charge in [0.15, 0.2) is 0 Å². The first kappa shape index (κ1) is 19.4. The van der Waals surface area contributed by atoms with E-state index in [9.17, 15) is 9.90 Å². The second kappa shape index (κ2) is 8.09. The molecule has 1 aromatic rings. The number of rotatable bonds is 5. The molecule has 1 aliphatic heterocycles. The third kappa shape index (κ3) is 4.65. The van der Waals surface area contributed by atoms with E-state index in [1.807, 2.05) is 16.6 Å². The highest BCUT2D eigenvalue weighted by molar-refractivity contribution is 5.77. The minimum Gasteiger partial charge on any atom is -0.389 e. The summed E-state index contributed by atoms with van der Waals surface area (Å²) in [5.41, 5.74) is 1.52. The van der Waals surface area contributed by atoms with Crippen LogP contribution in [0.1, 0.15) is 68.7 Å². The van der Waals surface area contributed by atoms with E-state index in [-0.39, 0.29) is 12.3 Å². The van der Waals surface area contributed by atoms with E-state index in [1.165, 1.54) is 12.1 Å². The molecule has 6 heteroatoms. The Kier molecular flexibility index (Phi) is 6.03. The van der Waals surface area contributed by atoms with Crippen LogP contribution in [0.4, 0.5) is 0 Å². The maximum atomic E-state index is 12.8. The van der Waals surface area contributed by atoms with Gasteiger partial charge in [-0.05, 0) is 45.8 Å². The molecule has 0 bridgehead atoms. The van der Waals surface area contributed by atoms with Crippen molar-refractivity contribution >= 4 is 5.91 Å². The van der Waals surface area contributed by atoms with Crippen molar-refractivity contribution in [3.8, 4) is 0 Å². The van der Waals surface area contributed by atoms with Gasteiger partial charge >= 0.3 is 0 Å². The monoisotopic (exact) mass is 362 g/mol. The Morgan fingerprint density at radius 3 is 2.73 bits per heavy atom. The summed E-state index contributed by atoms with van der Waals surface area (Å²) in [6, 6.07) is 2.19. The van der Waals surface area contributed by atoms with Gasteiger partial charge in [0.1, 0.15) is 0 Å². The van der Waals surface area contributed by atoms with Crippen molar-refractivity contribution in [3.05, 3.63) is 17.5 Å². The summed E-state index contributed by atoms with van der Waals surface area (Å²) >= 11 is 0. The number of nitrogens with zero attached hydrogens (tertiary/aromatic N) is 4. The Hall–Kier alpha value is -1.40. The van der Waals surface area contributed by atoms with Gasteiger partial charge in [0, 0.05) is 32.6 Å². The Morgan fingerprint density at radius 2 is 2.04 bits per heavy atom. The van der Waals surface area contributed by atoms with Gasteiger partial charge in [-0.15, -0.1) is 0 Å². The van der Waals surface area contributed by atoms with Gasteiger partial charge < -0.3 is 14.9 Å². The number of likely N-dealkylation sites (tertiary alicyclic amines) is 1. The SMILES string of the molecule is CN(C)Cc1cc(C2CCCN(C(=O)CC3(O)CCCCC3)C2)nn1C. The first-order chi connectivity index (χ1) is 12.4. The molecule has 2 aliphatic rings. The van der Waals surface area contributed by atoms with Crippen LogP contribution < -0.4 is 0 Å². The molecule has 2 fully saturated rings. The van der Waals surface area contributed by atoms with Crippen LogP contribution in [-0.2, 0) is 18.4 Å². The molecule has 1 atom stereocenters. The van der Waals surface area contributed by atoms with Crippen molar-refractivity contribution in [3.63, 3.8) is 0 Å². The molecule has 26 heavy (non-hydrogen) atoms. The van der Waals surface area contributed by atoms with Crippen molar-refractivity contribution in [1.29, 1.82) is 0 Å². The molecule has 3 rings (SSSR count). The van der Waals surface area contributed by atoms with Gasteiger partial charge in [-0.1, -0.05) is 19.3 Å². The third-order valence-electron chi connectivity index (χ3n) is 5.93. The van der Waals surface area contributed by atoms with E-state index < -0.39 is 5.60 Å². The maximum Gasteiger partial charge on any atom is 0.225 e. The molecule has 0 radical (unpaired) electrons. The molecule has 1 aromatic heterocycles. The highest BCUT2D eigenvalue weighted by Crippen LogP contribution is 2.33. The smallest absolute Gasteiger partial charge is 0.225 e. The lowest BCUT2D eigenvalue weighted by Gasteiger charge is -2.36. The predicted molar refractivity (Wildman–Crippen MR) is 102 cm³/mol.